The first-order valence-corrected chi connectivity index (χ1v) is 6.92. The molecule has 1 aromatic carbocycles. The van der Waals surface area contributed by atoms with Gasteiger partial charge in [-0.05, 0) is 37.7 Å². The third kappa shape index (κ3) is 1.81. The fourth-order valence-corrected chi connectivity index (χ4v) is 3.65. The molecule has 3 rings (SSSR count). The van der Waals surface area contributed by atoms with Gasteiger partial charge in [-0.15, -0.1) is 0 Å². The number of rotatable bonds is 0. The highest BCUT2D eigenvalue weighted by molar-refractivity contribution is 6.30. The van der Waals surface area contributed by atoms with Crippen molar-refractivity contribution in [1.29, 1.82) is 0 Å². The molecule has 0 radical (unpaired) electrons. The van der Waals surface area contributed by atoms with Crippen molar-refractivity contribution in [2.24, 2.45) is 11.7 Å². The second-order valence-electron chi connectivity index (χ2n) is 5.62. The van der Waals surface area contributed by atoms with Crippen LogP contribution in [0.2, 0.25) is 5.02 Å². The summed E-state index contributed by atoms with van der Waals surface area (Å²) in [7, 11) is 4.35. The van der Waals surface area contributed by atoms with E-state index in [4.69, 9.17) is 17.3 Å². The van der Waals surface area contributed by atoms with E-state index >= 15 is 0 Å². The van der Waals surface area contributed by atoms with E-state index in [1.807, 2.05) is 12.1 Å². The Balaban J connectivity index is 2.03. The number of nitrogens with zero attached hydrogens (tertiary/aromatic N) is 2. The van der Waals surface area contributed by atoms with Gasteiger partial charge in [0.2, 0.25) is 0 Å². The minimum atomic E-state index is 0.126. The van der Waals surface area contributed by atoms with E-state index in [0.29, 0.717) is 12.0 Å². The first-order chi connectivity index (χ1) is 8.58. The van der Waals surface area contributed by atoms with Gasteiger partial charge in [0.25, 0.3) is 0 Å². The van der Waals surface area contributed by atoms with Crippen LogP contribution >= 0.6 is 11.6 Å². The molecule has 3 unspecified atom stereocenters. The Morgan fingerprint density at radius 2 is 2.11 bits per heavy atom. The zero-order chi connectivity index (χ0) is 12.9. The van der Waals surface area contributed by atoms with Crippen LogP contribution < -0.4 is 10.6 Å². The van der Waals surface area contributed by atoms with Crippen molar-refractivity contribution in [2.45, 2.75) is 18.5 Å². The van der Waals surface area contributed by atoms with E-state index in [9.17, 15) is 0 Å². The molecule has 2 aliphatic heterocycles. The zero-order valence-electron chi connectivity index (χ0n) is 10.9. The Labute approximate surface area is 114 Å². The van der Waals surface area contributed by atoms with Gasteiger partial charge in [-0.3, -0.25) is 0 Å². The zero-order valence-corrected chi connectivity index (χ0v) is 11.7. The molecule has 0 aromatic heterocycles. The van der Waals surface area contributed by atoms with Gasteiger partial charge >= 0.3 is 0 Å². The minimum Gasteiger partial charge on any atom is -0.371 e. The van der Waals surface area contributed by atoms with Gasteiger partial charge in [0.15, 0.2) is 0 Å². The molecule has 3 nitrogen and oxygen atoms in total. The standard InChI is InChI=1S/C14H20ClN3/c1-17-6-5-12-11(8-17)14(16)10-4-3-9(15)7-13(10)18(12)2/h3-4,7,11-12,14H,5-6,8,16H2,1-2H3. The number of hydrogen-bond donors (Lipinski definition) is 1. The number of fused-ring (bicyclic) bond motifs is 2. The maximum absolute atomic E-state index is 6.48. The smallest absolute Gasteiger partial charge is 0.0429 e. The van der Waals surface area contributed by atoms with Gasteiger partial charge in [-0.2, -0.15) is 0 Å². The summed E-state index contributed by atoms with van der Waals surface area (Å²) in [5.74, 6) is 0.516. The molecule has 2 aliphatic rings. The van der Waals surface area contributed by atoms with E-state index in [2.05, 4.69) is 30.0 Å². The van der Waals surface area contributed by atoms with Crippen molar-refractivity contribution < 1.29 is 0 Å². The quantitative estimate of drug-likeness (QED) is 0.780. The van der Waals surface area contributed by atoms with E-state index in [-0.39, 0.29) is 6.04 Å². The summed E-state index contributed by atoms with van der Waals surface area (Å²) < 4.78 is 0. The molecule has 4 heteroatoms. The summed E-state index contributed by atoms with van der Waals surface area (Å²) >= 11 is 6.11. The predicted octanol–water partition coefficient (Wildman–Crippen LogP) is 2.11. The number of benzene rings is 1. The van der Waals surface area contributed by atoms with Crippen molar-refractivity contribution in [1.82, 2.24) is 4.90 Å². The summed E-state index contributed by atoms with van der Waals surface area (Å²) in [6, 6.07) is 6.75. The van der Waals surface area contributed by atoms with Gasteiger partial charge in [0.05, 0.1) is 0 Å². The van der Waals surface area contributed by atoms with Gasteiger partial charge in [0.1, 0.15) is 0 Å². The Hall–Kier alpha value is -0.770. The SMILES string of the molecule is CN1CCC2C(C1)C(N)c1ccc(Cl)cc1N2C. The highest BCUT2D eigenvalue weighted by atomic mass is 35.5. The van der Waals surface area contributed by atoms with Crippen LogP contribution in [0.3, 0.4) is 0 Å². The number of nitrogens with two attached hydrogens (primary N) is 1. The largest absolute Gasteiger partial charge is 0.371 e. The van der Waals surface area contributed by atoms with Gasteiger partial charge in [-0.1, -0.05) is 17.7 Å². The number of anilines is 1. The van der Waals surface area contributed by atoms with Crippen molar-refractivity contribution >= 4 is 17.3 Å². The molecule has 0 aliphatic carbocycles. The lowest BCUT2D eigenvalue weighted by atomic mass is 9.78. The molecule has 0 amide bonds. The van der Waals surface area contributed by atoms with Crippen molar-refractivity contribution in [3.63, 3.8) is 0 Å². The summed E-state index contributed by atoms with van der Waals surface area (Å²) in [4.78, 5) is 4.76. The molecule has 1 aromatic rings. The van der Waals surface area contributed by atoms with Crippen LogP contribution in [0.15, 0.2) is 18.2 Å². The second-order valence-corrected chi connectivity index (χ2v) is 6.06. The third-order valence-electron chi connectivity index (χ3n) is 4.51. The van der Waals surface area contributed by atoms with Crippen molar-refractivity contribution in [3.05, 3.63) is 28.8 Å². The molecular formula is C14H20ClN3. The summed E-state index contributed by atoms with van der Waals surface area (Å²) in [5, 5.41) is 0.791. The van der Waals surface area contributed by atoms with Gasteiger partial charge in [0, 0.05) is 42.3 Å². The summed E-state index contributed by atoms with van der Waals surface area (Å²) in [6.45, 7) is 2.23. The summed E-state index contributed by atoms with van der Waals surface area (Å²) in [6.07, 6.45) is 1.18. The molecule has 0 bridgehead atoms. The average Bonchev–Trinajstić information content (AvgIpc) is 2.36. The van der Waals surface area contributed by atoms with Gasteiger partial charge < -0.3 is 15.5 Å². The minimum absolute atomic E-state index is 0.126. The van der Waals surface area contributed by atoms with Crippen LogP contribution in [0, 0.1) is 5.92 Å². The first-order valence-electron chi connectivity index (χ1n) is 6.54. The Morgan fingerprint density at radius 1 is 1.33 bits per heavy atom. The number of likely N-dealkylation sites (tertiary alicyclic amines) is 1. The van der Waals surface area contributed by atoms with Crippen LogP contribution in [0.4, 0.5) is 5.69 Å². The van der Waals surface area contributed by atoms with Crippen LogP contribution in [0.5, 0.6) is 0 Å². The monoisotopic (exact) mass is 265 g/mol. The maximum Gasteiger partial charge on any atom is 0.0429 e. The van der Waals surface area contributed by atoms with Gasteiger partial charge in [-0.25, -0.2) is 0 Å². The Bertz CT molecular complexity index is 462. The molecule has 0 spiro atoms. The highest BCUT2D eigenvalue weighted by Crippen LogP contribution is 2.42. The maximum atomic E-state index is 6.48. The number of piperidine rings is 1. The Kier molecular flexibility index (Phi) is 3.00. The average molecular weight is 266 g/mol. The molecule has 3 atom stereocenters. The fraction of sp³-hybridized carbons (Fsp3) is 0.571. The topological polar surface area (TPSA) is 32.5 Å². The molecular weight excluding hydrogens is 246 g/mol. The van der Waals surface area contributed by atoms with Crippen LogP contribution in [-0.4, -0.2) is 38.1 Å². The molecule has 2 heterocycles. The van der Waals surface area contributed by atoms with Crippen molar-refractivity contribution in [2.75, 3.05) is 32.1 Å². The molecule has 2 N–H and O–H groups in total. The highest BCUT2D eigenvalue weighted by Gasteiger charge is 2.40. The third-order valence-corrected chi connectivity index (χ3v) is 4.75. The normalized spacial score (nSPS) is 32.0. The van der Waals surface area contributed by atoms with E-state index in [1.165, 1.54) is 17.7 Å². The van der Waals surface area contributed by atoms with Crippen LogP contribution in [-0.2, 0) is 0 Å². The molecule has 18 heavy (non-hydrogen) atoms. The van der Waals surface area contributed by atoms with Crippen molar-refractivity contribution in [3.8, 4) is 0 Å². The second kappa shape index (κ2) is 4.41. The van der Waals surface area contributed by atoms with E-state index in [0.717, 1.165) is 18.1 Å². The predicted molar refractivity (Wildman–Crippen MR) is 76.2 cm³/mol. The fourth-order valence-electron chi connectivity index (χ4n) is 3.49. The van der Waals surface area contributed by atoms with Crippen LogP contribution in [0.1, 0.15) is 18.0 Å². The number of halogens is 1. The Morgan fingerprint density at radius 3 is 2.89 bits per heavy atom. The molecule has 98 valence electrons. The lowest BCUT2D eigenvalue weighted by Gasteiger charge is -2.49. The summed E-state index contributed by atoms with van der Waals surface area (Å²) in [5.41, 5.74) is 8.92. The first kappa shape index (κ1) is 12.3. The molecule has 1 fully saturated rings. The van der Waals surface area contributed by atoms with Crippen LogP contribution in [0.25, 0.3) is 0 Å². The molecule has 1 saturated heterocycles. The van der Waals surface area contributed by atoms with E-state index < -0.39 is 0 Å². The lowest BCUT2D eigenvalue weighted by molar-refractivity contribution is 0.154. The van der Waals surface area contributed by atoms with E-state index in [1.54, 1.807) is 0 Å². The lowest BCUT2D eigenvalue weighted by Crippen LogP contribution is -2.55. The molecule has 0 saturated carbocycles. The number of hydrogen-bond acceptors (Lipinski definition) is 3.